The van der Waals surface area contributed by atoms with Crippen LogP contribution in [0.1, 0.15) is 22.3 Å². The summed E-state index contributed by atoms with van der Waals surface area (Å²) in [6.07, 6.45) is 0.551. The van der Waals surface area contributed by atoms with Crippen molar-refractivity contribution in [3.05, 3.63) is 65.5 Å². The molecule has 160 valence electrons. The number of nitrogens with zero attached hydrogens (tertiary/aromatic N) is 2. The van der Waals surface area contributed by atoms with E-state index in [4.69, 9.17) is 0 Å². The first-order chi connectivity index (χ1) is 14.3. The number of ether oxygens (including phenoxy) is 1. The van der Waals surface area contributed by atoms with Crippen molar-refractivity contribution in [2.24, 2.45) is 0 Å². The number of halogens is 1. The lowest BCUT2D eigenvalue weighted by molar-refractivity contribution is -0.116. The third kappa shape index (κ3) is 5.21. The molecule has 0 unspecified atom stereocenters. The summed E-state index contributed by atoms with van der Waals surface area (Å²) in [5, 5.41) is 2.62. The third-order valence-electron chi connectivity index (χ3n) is 4.63. The first-order valence-electron chi connectivity index (χ1n) is 9.27. The van der Waals surface area contributed by atoms with Crippen molar-refractivity contribution in [3.63, 3.8) is 0 Å². The number of carbonyl (C=O) groups excluding carboxylic acids is 2. The summed E-state index contributed by atoms with van der Waals surface area (Å²) < 4.78 is 46.1. The molecule has 8 nitrogen and oxygen atoms in total. The molecular formula is C20H22FN3O5S. The van der Waals surface area contributed by atoms with Gasteiger partial charge in [-0.3, -0.25) is 4.79 Å². The molecule has 1 saturated heterocycles. The molecule has 1 amide bonds. The highest BCUT2D eigenvalue weighted by atomic mass is 32.2. The Morgan fingerprint density at radius 2 is 1.80 bits per heavy atom. The molecule has 3 rings (SSSR count). The number of methoxy groups -OCH3 is 1. The Morgan fingerprint density at radius 3 is 2.47 bits per heavy atom. The number of rotatable bonds is 6. The van der Waals surface area contributed by atoms with E-state index in [1.807, 2.05) is 0 Å². The minimum absolute atomic E-state index is 0.0349. The van der Waals surface area contributed by atoms with Crippen LogP contribution in [-0.4, -0.2) is 55.6 Å². The largest absolute Gasteiger partial charge is 0.465 e. The second kappa shape index (κ2) is 9.33. The van der Waals surface area contributed by atoms with E-state index >= 15 is 0 Å². The van der Waals surface area contributed by atoms with Gasteiger partial charge in [0.15, 0.2) is 0 Å². The predicted molar refractivity (Wildman–Crippen MR) is 108 cm³/mol. The number of amides is 1. The van der Waals surface area contributed by atoms with Gasteiger partial charge in [-0.25, -0.2) is 9.18 Å². The van der Waals surface area contributed by atoms with Crippen molar-refractivity contribution < 1.29 is 27.1 Å². The Labute approximate surface area is 174 Å². The Hall–Kier alpha value is -2.82. The maximum atomic E-state index is 13.4. The number of carbonyl (C=O) groups is 2. The molecule has 1 aliphatic heterocycles. The summed E-state index contributed by atoms with van der Waals surface area (Å²) >= 11 is 0. The molecule has 0 aliphatic carbocycles. The zero-order valence-corrected chi connectivity index (χ0v) is 17.2. The molecule has 1 N–H and O–H groups in total. The fourth-order valence-corrected chi connectivity index (χ4v) is 4.78. The summed E-state index contributed by atoms with van der Waals surface area (Å²) in [6, 6.07) is 11.8. The van der Waals surface area contributed by atoms with Crippen LogP contribution in [0.2, 0.25) is 0 Å². The second-order valence-electron chi connectivity index (χ2n) is 6.78. The van der Waals surface area contributed by atoms with Gasteiger partial charge < -0.3 is 10.1 Å². The zero-order chi connectivity index (χ0) is 21.7. The van der Waals surface area contributed by atoms with Gasteiger partial charge in [-0.1, -0.05) is 12.1 Å². The smallest absolute Gasteiger partial charge is 0.337 e. The van der Waals surface area contributed by atoms with Gasteiger partial charge in [0.05, 0.1) is 19.2 Å². The summed E-state index contributed by atoms with van der Waals surface area (Å²) in [6.45, 7) is 0.205. The SMILES string of the molecule is COC(=O)c1ccc(NC(=O)CN2CCCN(Cc3cccc(F)c3)S2(=O)=O)cc1. The van der Waals surface area contributed by atoms with Gasteiger partial charge in [-0.05, 0) is 48.4 Å². The summed E-state index contributed by atoms with van der Waals surface area (Å²) in [7, 11) is -2.59. The van der Waals surface area contributed by atoms with Crippen LogP contribution >= 0.6 is 0 Å². The van der Waals surface area contributed by atoms with E-state index in [-0.39, 0.29) is 19.6 Å². The van der Waals surface area contributed by atoms with Gasteiger partial charge in [-0.15, -0.1) is 0 Å². The Balaban J connectivity index is 1.63. The van der Waals surface area contributed by atoms with Gasteiger partial charge in [0.2, 0.25) is 5.91 Å². The summed E-state index contributed by atoms with van der Waals surface area (Å²) in [5.74, 6) is -1.43. The van der Waals surface area contributed by atoms with Gasteiger partial charge in [0.25, 0.3) is 10.2 Å². The van der Waals surface area contributed by atoms with Gasteiger partial charge in [-0.2, -0.15) is 17.0 Å². The van der Waals surface area contributed by atoms with E-state index in [0.29, 0.717) is 29.8 Å². The molecule has 2 aromatic rings. The lowest BCUT2D eigenvalue weighted by Gasteiger charge is -2.34. The van der Waals surface area contributed by atoms with Gasteiger partial charge >= 0.3 is 5.97 Å². The van der Waals surface area contributed by atoms with E-state index < -0.39 is 27.9 Å². The lowest BCUT2D eigenvalue weighted by atomic mass is 10.2. The lowest BCUT2D eigenvalue weighted by Crippen LogP contribution is -2.51. The number of esters is 1. The van der Waals surface area contributed by atoms with E-state index in [9.17, 15) is 22.4 Å². The minimum atomic E-state index is -3.86. The van der Waals surface area contributed by atoms with Crippen LogP contribution in [0.25, 0.3) is 0 Å². The number of benzene rings is 2. The topological polar surface area (TPSA) is 96.0 Å². The minimum Gasteiger partial charge on any atom is -0.465 e. The van der Waals surface area contributed by atoms with E-state index in [2.05, 4.69) is 10.1 Å². The van der Waals surface area contributed by atoms with Crippen LogP contribution in [0.15, 0.2) is 48.5 Å². The first-order valence-corrected chi connectivity index (χ1v) is 10.7. The van der Waals surface area contributed by atoms with Crippen molar-refractivity contribution in [2.75, 3.05) is 32.1 Å². The third-order valence-corrected chi connectivity index (χ3v) is 6.55. The average Bonchev–Trinajstić information content (AvgIpc) is 2.71. The number of nitrogens with one attached hydrogen (secondary N) is 1. The molecule has 1 heterocycles. The molecule has 10 heteroatoms. The molecule has 0 bridgehead atoms. The predicted octanol–water partition coefficient (Wildman–Crippen LogP) is 2.00. The van der Waals surface area contributed by atoms with Crippen molar-refractivity contribution in [1.82, 2.24) is 8.61 Å². The fraction of sp³-hybridized carbons (Fsp3) is 0.300. The Morgan fingerprint density at radius 1 is 1.10 bits per heavy atom. The van der Waals surface area contributed by atoms with Crippen molar-refractivity contribution in [1.29, 1.82) is 0 Å². The number of anilines is 1. The maximum absolute atomic E-state index is 13.4. The van der Waals surface area contributed by atoms with Gasteiger partial charge in [0, 0.05) is 25.3 Å². The molecule has 2 aromatic carbocycles. The fourth-order valence-electron chi connectivity index (χ4n) is 3.15. The summed E-state index contributed by atoms with van der Waals surface area (Å²) in [4.78, 5) is 23.8. The van der Waals surface area contributed by atoms with Crippen LogP contribution in [0.4, 0.5) is 10.1 Å². The van der Waals surface area contributed by atoms with Crippen molar-refractivity contribution in [3.8, 4) is 0 Å². The van der Waals surface area contributed by atoms with E-state index in [1.54, 1.807) is 6.07 Å². The normalized spacial score (nSPS) is 16.7. The van der Waals surface area contributed by atoms with Crippen LogP contribution in [-0.2, 0) is 26.3 Å². The average molecular weight is 435 g/mol. The zero-order valence-electron chi connectivity index (χ0n) is 16.4. The number of hydrogen-bond donors (Lipinski definition) is 1. The van der Waals surface area contributed by atoms with Crippen LogP contribution in [0.5, 0.6) is 0 Å². The highest BCUT2D eigenvalue weighted by molar-refractivity contribution is 7.86. The molecule has 0 aromatic heterocycles. The van der Waals surface area contributed by atoms with Crippen molar-refractivity contribution >= 4 is 27.8 Å². The Kier molecular flexibility index (Phi) is 6.80. The van der Waals surface area contributed by atoms with Crippen LogP contribution in [0.3, 0.4) is 0 Å². The molecular weight excluding hydrogens is 413 g/mol. The molecule has 0 radical (unpaired) electrons. The maximum Gasteiger partial charge on any atom is 0.337 e. The molecule has 1 aliphatic rings. The summed E-state index contributed by atoms with van der Waals surface area (Å²) in [5.41, 5.74) is 1.30. The monoisotopic (exact) mass is 435 g/mol. The molecule has 0 saturated carbocycles. The van der Waals surface area contributed by atoms with Gasteiger partial charge in [0.1, 0.15) is 5.82 Å². The quantitative estimate of drug-likeness (QED) is 0.701. The Bertz CT molecular complexity index is 1030. The standard InChI is InChI=1S/C20H22FN3O5S/c1-29-20(26)16-6-8-18(9-7-16)22-19(25)14-24-11-3-10-23(30(24,27)28)13-15-4-2-5-17(21)12-15/h2,4-9,12H,3,10-11,13-14H2,1H3,(H,22,25). The van der Waals surface area contributed by atoms with Crippen molar-refractivity contribution in [2.45, 2.75) is 13.0 Å². The first kappa shape index (κ1) is 21.9. The molecule has 30 heavy (non-hydrogen) atoms. The highest BCUT2D eigenvalue weighted by Gasteiger charge is 2.34. The number of hydrogen-bond acceptors (Lipinski definition) is 5. The molecule has 0 spiro atoms. The second-order valence-corrected chi connectivity index (χ2v) is 8.70. The van der Waals surface area contributed by atoms with Crippen LogP contribution in [0, 0.1) is 5.82 Å². The molecule has 1 fully saturated rings. The highest BCUT2D eigenvalue weighted by Crippen LogP contribution is 2.20. The van der Waals surface area contributed by atoms with E-state index in [1.165, 1.54) is 53.9 Å². The van der Waals surface area contributed by atoms with Crippen LogP contribution < -0.4 is 5.32 Å². The molecule has 0 atom stereocenters. The van der Waals surface area contributed by atoms with E-state index in [0.717, 1.165) is 4.31 Å².